The summed E-state index contributed by atoms with van der Waals surface area (Å²) in [7, 11) is 0. The van der Waals surface area contributed by atoms with Crippen LogP contribution in [0.5, 0.6) is 0 Å². The lowest BCUT2D eigenvalue weighted by molar-refractivity contribution is -0.139. The predicted molar refractivity (Wildman–Crippen MR) is 102 cm³/mol. The number of nitrogens with zero attached hydrogens (tertiary/aromatic N) is 2. The fourth-order valence-electron chi connectivity index (χ4n) is 3.08. The summed E-state index contributed by atoms with van der Waals surface area (Å²) >= 11 is 0. The number of barbiturate groups is 1. The Morgan fingerprint density at radius 3 is 2.26 bits per heavy atom. The molecule has 1 aliphatic rings. The molecule has 0 saturated carbocycles. The molecule has 6 nitrogen and oxygen atoms in total. The Morgan fingerprint density at radius 2 is 1.63 bits per heavy atom. The van der Waals surface area contributed by atoms with Gasteiger partial charge in [-0.1, -0.05) is 60.7 Å². The smallest absolute Gasteiger partial charge is 0.285 e. The van der Waals surface area contributed by atoms with Crippen LogP contribution in [-0.4, -0.2) is 28.5 Å². The van der Waals surface area contributed by atoms with Crippen molar-refractivity contribution in [1.82, 2.24) is 10.2 Å². The average Bonchev–Trinajstić information content (AvgIpc) is 2.66. The minimum absolute atomic E-state index is 0.108. The van der Waals surface area contributed by atoms with Crippen LogP contribution in [0.25, 0.3) is 0 Å². The molecule has 2 aromatic rings. The Bertz CT molecular complexity index is 878. The van der Waals surface area contributed by atoms with Crippen LogP contribution in [-0.2, 0) is 16.1 Å². The summed E-state index contributed by atoms with van der Waals surface area (Å²) in [5.74, 6) is -2.28. The summed E-state index contributed by atoms with van der Waals surface area (Å²) in [6.07, 6.45) is 0. The van der Waals surface area contributed by atoms with Gasteiger partial charge in [-0.3, -0.25) is 24.8 Å². The van der Waals surface area contributed by atoms with Gasteiger partial charge in [-0.25, -0.2) is 4.79 Å². The second-order valence-electron chi connectivity index (χ2n) is 6.49. The monoisotopic (exact) mass is 363 g/mol. The molecule has 0 spiro atoms. The fraction of sp³-hybridized carbons (Fsp3) is 0.238. The lowest BCUT2D eigenvalue weighted by atomic mass is 9.98. The van der Waals surface area contributed by atoms with Gasteiger partial charge in [-0.15, -0.1) is 0 Å². The minimum atomic E-state index is -1.10. The zero-order valence-electron chi connectivity index (χ0n) is 15.3. The lowest BCUT2D eigenvalue weighted by Crippen LogP contribution is -2.59. The molecule has 0 aliphatic carbocycles. The molecule has 27 heavy (non-hydrogen) atoms. The van der Waals surface area contributed by atoms with E-state index in [2.05, 4.69) is 10.3 Å². The Morgan fingerprint density at radius 1 is 1.04 bits per heavy atom. The summed E-state index contributed by atoms with van der Waals surface area (Å²) < 4.78 is 0. The first kappa shape index (κ1) is 18.5. The summed E-state index contributed by atoms with van der Waals surface area (Å²) in [4.78, 5) is 42.9. The molecular weight excluding hydrogens is 342 g/mol. The molecule has 1 unspecified atom stereocenters. The van der Waals surface area contributed by atoms with Gasteiger partial charge in [0.1, 0.15) is 0 Å². The number of rotatable bonds is 5. The summed E-state index contributed by atoms with van der Waals surface area (Å²) in [6, 6.07) is 17.9. The van der Waals surface area contributed by atoms with E-state index in [0.717, 1.165) is 16.0 Å². The second kappa shape index (κ2) is 7.95. The van der Waals surface area contributed by atoms with Gasteiger partial charge in [0.25, 0.3) is 0 Å². The van der Waals surface area contributed by atoms with E-state index < -0.39 is 23.8 Å². The number of carbonyl (C=O) groups excluding carboxylic acids is 3. The van der Waals surface area contributed by atoms with Gasteiger partial charge >= 0.3 is 6.03 Å². The molecule has 1 saturated heterocycles. The third-order valence-electron chi connectivity index (χ3n) is 4.53. The molecule has 0 radical (unpaired) electrons. The maximum atomic E-state index is 12.9. The van der Waals surface area contributed by atoms with E-state index in [1.54, 1.807) is 6.92 Å². The third kappa shape index (κ3) is 4.11. The zero-order valence-corrected chi connectivity index (χ0v) is 15.3. The molecule has 2 atom stereocenters. The van der Waals surface area contributed by atoms with Crippen molar-refractivity contribution in [1.29, 1.82) is 0 Å². The van der Waals surface area contributed by atoms with Crippen LogP contribution in [0.3, 0.4) is 0 Å². The van der Waals surface area contributed by atoms with Crippen LogP contribution in [0.4, 0.5) is 4.79 Å². The van der Waals surface area contributed by atoms with Crippen molar-refractivity contribution in [3.8, 4) is 0 Å². The quantitative estimate of drug-likeness (QED) is 0.655. The average molecular weight is 363 g/mol. The maximum Gasteiger partial charge on any atom is 0.331 e. The van der Waals surface area contributed by atoms with Crippen molar-refractivity contribution in [3.05, 3.63) is 71.8 Å². The molecule has 1 fully saturated rings. The summed E-state index contributed by atoms with van der Waals surface area (Å²) in [6.45, 7) is 3.66. The standard InChI is InChI=1S/C21H21N3O3/c1-14(17-11-7-4-8-12-17)22-15(2)18-19(25)23-21(27)24(20(18)26)13-16-9-5-3-6-10-16/h3-12,14,18H,13H2,1-2H3,(H,23,25,27)/t14-,18?/m0/s1. The van der Waals surface area contributed by atoms with Crippen LogP contribution in [0, 0.1) is 5.92 Å². The molecule has 4 amide bonds. The van der Waals surface area contributed by atoms with Crippen molar-refractivity contribution < 1.29 is 14.4 Å². The van der Waals surface area contributed by atoms with Crippen LogP contribution in [0.15, 0.2) is 65.7 Å². The highest BCUT2D eigenvalue weighted by Gasteiger charge is 2.42. The van der Waals surface area contributed by atoms with E-state index >= 15 is 0 Å². The van der Waals surface area contributed by atoms with E-state index in [0.29, 0.717) is 5.71 Å². The number of nitrogens with one attached hydrogen (secondary N) is 1. The van der Waals surface area contributed by atoms with E-state index in [9.17, 15) is 14.4 Å². The number of carbonyl (C=O) groups is 3. The zero-order chi connectivity index (χ0) is 19.4. The maximum absolute atomic E-state index is 12.9. The Hall–Kier alpha value is -3.28. The lowest BCUT2D eigenvalue weighted by Gasteiger charge is -2.30. The van der Waals surface area contributed by atoms with Crippen molar-refractivity contribution in [2.45, 2.75) is 26.4 Å². The molecule has 138 valence electrons. The topological polar surface area (TPSA) is 78.8 Å². The number of benzene rings is 2. The number of aliphatic imine (C=N–C) groups is 1. The van der Waals surface area contributed by atoms with E-state index in [-0.39, 0.29) is 12.6 Å². The highest BCUT2D eigenvalue weighted by molar-refractivity contribution is 6.27. The third-order valence-corrected chi connectivity index (χ3v) is 4.53. The molecular formula is C21H21N3O3. The first-order valence-electron chi connectivity index (χ1n) is 8.76. The fourth-order valence-corrected chi connectivity index (χ4v) is 3.08. The molecule has 1 aliphatic heterocycles. The molecule has 6 heteroatoms. The van der Waals surface area contributed by atoms with E-state index in [4.69, 9.17) is 0 Å². The van der Waals surface area contributed by atoms with Crippen molar-refractivity contribution in [2.24, 2.45) is 10.9 Å². The van der Waals surface area contributed by atoms with Gasteiger partial charge in [0.15, 0.2) is 5.92 Å². The molecule has 0 aromatic heterocycles. The Balaban J connectivity index is 1.83. The van der Waals surface area contributed by atoms with Gasteiger partial charge in [0, 0.05) is 5.71 Å². The predicted octanol–water partition coefficient (Wildman–Crippen LogP) is 3.10. The number of imide groups is 2. The van der Waals surface area contributed by atoms with Crippen LogP contribution in [0.2, 0.25) is 0 Å². The Kier molecular flexibility index (Phi) is 5.45. The molecule has 3 rings (SSSR count). The van der Waals surface area contributed by atoms with Gasteiger partial charge in [0.05, 0.1) is 12.6 Å². The van der Waals surface area contributed by atoms with Gasteiger partial charge in [0.2, 0.25) is 11.8 Å². The highest BCUT2D eigenvalue weighted by atomic mass is 16.2. The molecule has 1 N–H and O–H groups in total. The largest absolute Gasteiger partial charge is 0.331 e. The van der Waals surface area contributed by atoms with E-state index in [1.807, 2.05) is 67.6 Å². The first-order valence-corrected chi connectivity index (χ1v) is 8.76. The van der Waals surface area contributed by atoms with Crippen LogP contribution in [0.1, 0.15) is 31.0 Å². The van der Waals surface area contributed by atoms with Gasteiger partial charge < -0.3 is 0 Å². The number of amides is 4. The van der Waals surface area contributed by atoms with E-state index in [1.165, 1.54) is 0 Å². The number of hydrogen-bond acceptors (Lipinski definition) is 4. The Labute approximate surface area is 157 Å². The van der Waals surface area contributed by atoms with Crippen LogP contribution >= 0.6 is 0 Å². The van der Waals surface area contributed by atoms with Gasteiger partial charge in [-0.05, 0) is 25.0 Å². The molecule has 1 heterocycles. The molecule has 2 aromatic carbocycles. The number of hydrogen-bond donors (Lipinski definition) is 1. The molecule has 0 bridgehead atoms. The number of urea groups is 1. The van der Waals surface area contributed by atoms with Crippen molar-refractivity contribution in [2.75, 3.05) is 0 Å². The summed E-state index contributed by atoms with van der Waals surface area (Å²) in [5.41, 5.74) is 2.18. The first-order chi connectivity index (χ1) is 13.0. The highest BCUT2D eigenvalue weighted by Crippen LogP contribution is 2.21. The summed E-state index contributed by atoms with van der Waals surface area (Å²) in [5, 5.41) is 2.27. The SMILES string of the molecule is CC(=N[C@@H](C)c1ccccc1)C1C(=O)NC(=O)N(Cc2ccccc2)C1=O. The van der Waals surface area contributed by atoms with Crippen molar-refractivity contribution in [3.63, 3.8) is 0 Å². The van der Waals surface area contributed by atoms with Crippen LogP contribution < -0.4 is 5.32 Å². The second-order valence-corrected chi connectivity index (χ2v) is 6.49. The van der Waals surface area contributed by atoms with Gasteiger partial charge in [-0.2, -0.15) is 0 Å². The minimum Gasteiger partial charge on any atom is -0.285 e. The van der Waals surface area contributed by atoms with Crippen molar-refractivity contribution >= 4 is 23.6 Å². The normalized spacial score (nSPS) is 19.0.